The van der Waals surface area contributed by atoms with E-state index >= 15 is 0 Å². The second-order valence-corrected chi connectivity index (χ2v) is 8.37. The van der Waals surface area contributed by atoms with Crippen LogP contribution in [0.25, 0.3) is 6.08 Å². The lowest BCUT2D eigenvalue weighted by molar-refractivity contribution is -0.122. The molecule has 4 amide bonds. The molecular weight excluding hydrogens is 484 g/mol. The van der Waals surface area contributed by atoms with Crippen molar-refractivity contribution in [3.8, 4) is 5.75 Å². The Balaban J connectivity index is 1.55. The van der Waals surface area contributed by atoms with E-state index in [1.165, 1.54) is 37.5 Å². The Morgan fingerprint density at radius 2 is 1.78 bits per heavy atom. The molecule has 0 aromatic heterocycles. The van der Waals surface area contributed by atoms with Gasteiger partial charge in [0.05, 0.1) is 23.4 Å². The Bertz CT molecular complexity index is 1400. The number of imide groups is 2. The minimum Gasteiger partial charge on any atom is -0.487 e. The third-order valence-corrected chi connectivity index (χ3v) is 5.69. The minimum atomic E-state index is -0.897. The average Bonchev–Trinajstić information content (AvgIpc) is 2.86. The number of rotatable bonds is 6. The van der Waals surface area contributed by atoms with Crippen molar-refractivity contribution in [3.63, 3.8) is 0 Å². The largest absolute Gasteiger partial charge is 0.487 e. The lowest BCUT2D eigenvalue weighted by atomic mass is 10.1. The van der Waals surface area contributed by atoms with E-state index in [9.17, 15) is 19.2 Å². The van der Waals surface area contributed by atoms with Crippen molar-refractivity contribution in [1.29, 1.82) is 0 Å². The number of barbiturate groups is 1. The first-order valence-electron chi connectivity index (χ1n) is 10.8. The number of anilines is 1. The highest BCUT2D eigenvalue weighted by Gasteiger charge is 2.36. The Labute approximate surface area is 212 Å². The fraction of sp³-hybridized carbons (Fsp3) is 0.111. The number of urea groups is 1. The van der Waals surface area contributed by atoms with Crippen LogP contribution < -0.4 is 15.0 Å². The molecule has 1 heterocycles. The summed E-state index contributed by atoms with van der Waals surface area (Å²) in [6.45, 7) is 2.32. The van der Waals surface area contributed by atoms with Crippen molar-refractivity contribution in [2.24, 2.45) is 0 Å². The molecule has 4 rings (SSSR count). The molecule has 3 aromatic rings. The molecule has 9 heteroatoms. The van der Waals surface area contributed by atoms with Gasteiger partial charge in [0.1, 0.15) is 17.9 Å². The fourth-order valence-corrected chi connectivity index (χ4v) is 3.85. The number of carbonyl (C=O) groups excluding carboxylic acids is 4. The third-order valence-electron chi connectivity index (χ3n) is 5.39. The van der Waals surface area contributed by atoms with Crippen LogP contribution in [0.5, 0.6) is 5.75 Å². The first-order valence-corrected chi connectivity index (χ1v) is 11.2. The van der Waals surface area contributed by atoms with Crippen molar-refractivity contribution in [1.82, 2.24) is 5.32 Å². The molecule has 1 fully saturated rings. The summed E-state index contributed by atoms with van der Waals surface area (Å²) in [4.78, 5) is 50.4. The maximum Gasteiger partial charge on any atom is 0.337 e. The van der Waals surface area contributed by atoms with Gasteiger partial charge < -0.3 is 9.47 Å². The van der Waals surface area contributed by atoms with Gasteiger partial charge in [0, 0.05) is 0 Å². The number of hydrogen-bond acceptors (Lipinski definition) is 6. The molecule has 0 bridgehead atoms. The summed E-state index contributed by atoms with van der Waals surface area (Å²) in [5.41, 5.74) is 2.75. The maximum atomic E-state index is 13.1. The second-order valence-electron chi connectivity index (χ2n) is 7.96. The van der Waals surface area contributed by atoms with Crippen molar-refractivity contribution in [2.45, 2.75) is 13.5 Å². The number of hydrogen-bond donors (Lipinski definition) is 1. The van der Waals surface area contributed by atoms with Gasteiger partial charge in [-0.05, 0) is 60.5 Å². The van der Waals surface area contributed by atoms with Crippen LogP contribution in [0.3, 0.4) is 0 Å². The molecule has 0 aliphatic carbocycles. The van der Waals surface area contributed by atoms with Gasteiger partial charge in [0.15, 0.2) is 0 Å². The summed E-state index contributed by atoms with van der Waals surface area (Å²) in [7, 11) is 1.25. The van der Waals surface area contributed by atoms with Crippen LogP contribution in [0, 0.1) is 6.92 Å². The third kappa shape index (κ3) is 5.29. The summed E-state index contributed by atoms with van der Waals surface area (Å²) in [5, 5.41) is 2.45. The number of carbonyl (C=O) groups is 4. The molecular formula is C27H21ClN2O6. The lowest BCUT2D eigenvalue weighted by Gasteiger charge is -2.26. The monoisotopic (exact) mass is 504 g/mol. The molecule has 0 unspecified atom stereocenters. The van der Waals surface area contributed by atoms with E-state index < -0.39 is 23.8 Å². The maximum absolute atomic E-state index is 13.1. The molecule has 0 spiro atoms. The highest BCUT2D eigenvalue weighted by Crippen LogP contribution is 2.28. The van der Waals surface area contributed by atoms with Crippen molar-refractivity contribution >= 4 is 47.2 Å². The van der Waals surface area contributed by atoms with Crippen LogP contribution in [0.2, 0.25) is 5.02 Å². The van der Waals surface area contributed by atoms with Crippen molar-refractivity contribution in [2.75, 3.05) is 12.0 Å². The predicted molar refractivity (Wildman–Crippen MR) is 134 cm³/mol. The van der Waals surface area contributed by atoms with Crippen LogP contribution in [-0.4, -0.2) is 30.9 Å². The molecule has 36 heavy (non-hydrogen) atoms. The van der Waals surface area contributed by atoms with E-state index in [2.05, 4.69) is 10.1 Å². The zero-order chi connectivity index (χ0) is 25.8. The van der Waals surface area contributed by atoms with Crippen LogP contribution in [-0.2, 0) is 20.9 Å². The van der Waals surface area contributed by atoms with Crippen LogP contribution in [0.15, 0.2) is 72.3 Å². The number of halogens is 1. The fourth-order valence-electron chi connectivity index (χ4n) is 3.61. The molecule has 0 saturated carbocycles. The molecule has 1 aliphatic heterocycles. The molecule has 8 nitrogen and oxygen atoms in total. The predicted octanol–water partition coefficient (Wildman–Crippen LogP) is 4.68. The summed E-state index contributed by atoms with van der Waals surface area (Å²) < 4.78 is 10.5. The molecule has 182 valence electrons. The molecule has 0 radical (unpaired) electrons. The minimum absolute atomic E-state index is 0.182. The highest BCUT2D eigenvalue weighted by atomic mass is 35.5. The quantitative estimate of drug-likeness (QED) is 0.297. The average molecular weight is 505 g/mol. The summed E-state index contributed by atoms with van der Waals surface area (Å²) in [6, 6.07) is 17.5. The van der Waals surface area contributed by atoms with Gasteiger partial charge in [0.2, 0.25) is 0 Å². The Morgan fingerprint density at radius 1 is 1.03 bits per heavy atom. The zero-order valence-electron chi connectivity index (χ0n) is 19.4. The first kappa shape index (κ1) is 24.7. The summed E-state index contributed by atoms with van der Waals surface area (Å²) in [5.74, 6) is -1.76. The van der Waals surface area contributed by atoms with E-state index in [4.69, 9.17) is 16.3 Å². The van der Waals surface area contributed by atoms with Crippen molar-refractivity contribution in [3.05, 3.63) is 99.6 Å². The first-order chi connectivity index (χ1) is 17.3. The van der Waals surface area contributed by atoms with E-state index in [1.54, 1.807) is 18.2 Å². The summed E-state index contributed by atoms with van der Waals surface area (Å²) in [6.07, 6.45) is 1.34. The second kappa shape index (κ2) is 10.5. The number of methoxy groups -OCH3 is 1. The van der Waals surface area contributed by atoms with Gasteiger partial charge in [0.25, 0.3) is 11.8 Å². The van der Waals surface area contributed by atoms with Crippen LogP contribution in [0.4, 0.5) is 10.5 Å². The van der Waals surface area contributed by atoms with Gasteiger partial charge in [-0.2, -0.15) is 0 Å². The van der Waals surface area contributed by atoms with E-state index in [0.29, 0.717) is 22.9 Å². The normalized spacial score (nSPS) is 14.6. The Morgan fingerprint density at radius 3 is 2.44 bits per heavy atom. The lowest BCUT2D eigenvalue weighted by Crippen LogP contribution is -2.54. The SMILES string of the molecule is COC(=O)c1ccc(N2C(=O)NC(=O)/C(=C\c3ccc(OCc4cccc(C)c4)c(Cl)c3)C2=O)cc1. The highest BCUT2D eigenvalue weighted by molar-refractivity contribution is 6.39. The molecule has 3 aromatic carbocycles. The van der Waals surface area contributed by atoms with E-state index in [0.717, 1.165) is 16.0 Å². The van der Waals surface area contributed by atoms with Gasteiger partial charge in [-0.25, -0.2) is 14.5 Å². The molecule has 1 N–H and O–H groups in total. The molecule has 0 atom stereocenters. The Kier molecular flexibility index (Phi) is 7.17. The summed E-state index contributed by atoms with van der Waals surface area (Å²) >= 11 is 6.38. The van der Waals surface area contributed by atoms with Gasteiger partial charge in [-0.3, -0.25) is 14.9 Å². The number of esters is 1. The number of ether oxygens (including phenoxy) is 2. The standard InChI is InChI=1S/C27H21ClN2O6/c1-16-4-3-5-18(12-16)15-36-23-11-6-17(14-22(23)28)13-21-24(31)29-27(34)30(25(21)32)20-9-7-19(8-10-20)26(33)35-2/h3-14H,15H2,1-2H3,(H,29,31,34)/b21-13+. The van der Waals surface area contributed by atoms with Crippen LogP contribution in [0.1, 0.15) is 27.0 Å². The van der Waals surface area contributed by atoms with Crippen molar-refractivity contribution < 1.29 is 28.7 Å². The number of benzene rings is 3. The van der Waals surface area contributed by atoms with Gasteiger partial charge in [-0.1, -0.05) is 47.5 Å². The smallest absolute Gasteiger partial charge is 0.337 e. The molecule has 1 saturated heterocycles. The molecule has 1 aliphatic rings. The Hall–Kier alpha value is -4.43. The van der Waals surface area contributed by atoms with Gasteiger partial charge in [-0.15, -0.1) is 0 Å². The van der Waals surface area contributed by atoms with E-state index in [1.807, 2.05) is 31.2 Å². The zero-order valence-corrected chi connectivity index (χ0v) is 20.2. The van der Waals surface area contributed by atoms with Gasteiger partial charge >= 0.3 is 12.0 Å². The van der Waals surface area contributed by atoms with E-state index in [-0.39, 0.29) is 16.8 Å². The number of amides is 4. The topological polar surface area (TPSA) is 102 Å². The van der Waals surface area contributed by atoms with Crippen LogP contribution >= 0.6 is 11.6 Å². The number of aryl methyl sites for hydroxylation is 1. The number of nitrogens with zero attached hydrogens (tertiary/aromatic N) is 1. The number of nitrogens with one attached hydrogen (secondary N) is 1.